The summed E-state index contributed by atoms with van der Waals surface area (Å²) in [5, 5.41) is 7.89. The molecule has 0 bridgehead atoms. The van der Waals surface area contributed by atoms with Crippen LogP contribution in [0, 0.1) is 0 Å². The van der Waals surface area contributed by atoms with Crippen LogP contribution >= 0.6 is 0 Å². The van der Waals surface area contributed by atoms with E-state index < -0.39 is 79.4 Å². The number of carbonyl (C=O) groups is 2. The minimum absolute atomic E-state index is 0.0341. The molecule has 3 heterocycles. The summed E-state index contributed by atoms with van der Waals surface area (Å²) >= 11 is 0. The van der Waals surface area contributed by atoms with Crippen molar-refractivity contribution in [3.05, 3.63) is 29.4 Å². The average Bonchev–Trinajstić information content (AvgIpc) is 3.38. The van der Waals surface area contributed by atoms with Crippen LogP contribution in [0.25, 0.3) is 11.5 Å². The van der Waals surface area contributed by atoms with Gasteiger partial charge in [0.15, 0.2) is 0 Å². The second-order valence-electron chi connectivity index (χ2n) is 8.22. The predicted octanol–water partition coefficient (Wildman–Crippen LogP) is 3.90. The Morgan fingerprint density at radius 3 is 2.50 bits per heavy atom. The van der Waals surface area contributed by atoms with Gasteiger partial charge in [0.05, 0.1) is 35.4 Å². The van der Waals surface area contributed by atoms with E-state index >= 15 is 0 Å². The smallest absolute Gasteiger partial charge is 0.415 e. The highest BCUT2D eigenvalue weighted by molar-refractivity contribution is 5.99. The summed E-state index contributed by atoms with van der Waals surface area (Å²) in [5.41, 5.74) is -0.0825. The van der Waals surface area contributed by atoms with Gasteiger partial charge in [0.1, 0.15) is 0 Å². The van der Waals surface area contributed by atoms with E-state index in [4.69, 9.17) is 4.42 Å². The number of nitrogens with zero attached hydrogens (tertiary/aromatic N) is 4. The van der Waals surface area contributed by atoms with Crippen LogP contribution in [0.2, 0.25) is 0 Å². The van der Waals surface area contributed by atoms with Gasteiger partial charge in [-0.2, -0.15) is 30.7 Å². The zero-order valence-electron chi connectivity index (χ0n) is 17.6. The molecule has 2 aromatic heterocycles. The van der Waals surface area contributed by atoms with Crippen molar-refractivity contribution >= 4 is 11.8 Å². The molecule has 1 aliphatic heterocycles. The highest BCUT2D eigenvalue weighted by Gasteiger charge is 2.64. The number of alkyl halides is 9. The van der Waals surface area contributed by atoms with E-state index in [9.17, 15) is 49.1 Å². The number of hydrogen-bond acceptors (Lipinski definition) is 6. The fourth-order valence-electron chi connectivity index (χ4n) is 4.04. The van der Waals surface area contributed by atoms with Crippen LogP contribution in [0.4, 0.5) is 39.5 Å². The van der Waals surface area contributed by atoms with E-state index in [1.807, 2.05) is 0 Å². The third-order valence-electron chi connectivity index (χ3n) is 5.80. The molecule has 0 aromatic carbocycles. The summed E-state index contributed by atoms with van der Waals surface area (Å²) in [6.45, 7) is -0.334. The number of amides is 2. The average molecular weight is 531 g/mol. The Morgan fingerprint density at radius 2 is 1.89 bits per heavy atom. The van der Waals surface area contributed by atoms with Gasteiger partial charge in [0.25, 0.3) is 11.8 Å². The molecule has 2 aromatic rings. The summed E-state index contributed by atoms with van der Waals surface area (Å²) < 4.78 is 123. The Bertz CT molecular complexity index is 1180. The van der Waals surface area contributed by atoms with Crippen molar-refractivity contribution in [3.8, 4) is 11.5 Å². The van der Waals surface area contributed by atoms with E-state index in [1.54, 1.807) is 0 Å². The van der Waals surface area contributed by atoms with Crippen LogP contribution in [0.15, 0.2) is 16.7 Å². The van der Waals surface area contributed by atoms with Crippen molar-refractivity contribution in [2.75, 3.05) is 0 Å². The monoisotopic (exact) mass is 531 g/mol. The van der Waals surface area contributed by atoms with Gasteiger partial charge in [0, 0.05) is 19.0 Å². The normalized spacial score (nSPS) is 22.2. The van der Waals surface area contributed by atoms with E-state index in [0.717, 1.165) is 17.2 Å². The molecule has 0 saturated heterocycles. The van der Waals surface area contributed by atoms with E-state index in [0.29, 0.717) is 0 Å². The highest BCUT2D eigenvalue weighted by atomic mass is 19.4. The zero-order valence-corrected chi connectivity index (χ0v) is 17.6. The van der Waals surface area contributed by atoms with Crippen LogP contribution in [0.5, 0.6) is 0 Å². The van der Waals surface area contributed by atoms with Crippen LogP contribution in [0.1, 0.15) is 47.6 Å². The number of fused-ring (bicyclic) bond motifs is 1. The molecule has 8 nitrogen and oxygen atoms in total. The number of hydrogen-bond donors (Lipinski definition) is 1. The van der Waals surface area contributed by atoms with Gasteiger partial charge in [-0.3, -0.25) is 14.6 Å². The molecule has 1 N–H and O–H groups in total. The molecule has 17 heteroatoms. The molecule has 0 radical (unpaired) electrons. The Balaban J connectivity index is 1.58. The molecule has 1 aliphatic carbocycles. The second kappa shape index (κ2) is 8.62. The van der Waals surface area contributed by atoms with Crippen molar-refractivity contribution in [2.45, 2.75) is 62.3 Å². The van der Waals surface area contributed by atoms with Crippen LogP contribution in [-0.4, -0.2) is 62.0 Å². The topological polar surface area (TPSA) is 101 Å². The molecular formula is C19H14F9N5O3. The SMILES string of the molecule is O=C1c2cc(-c3nnc(C(F)F)o3)cnc2CN1C1CCC(F)(F)C[C@H]1NC(=O)C(F)(F)C(F)(F)F. The minimum atomic E-state index is -6.26. The lowest BCUT2D eigenvalue weighted by atomic mass is 9.86. The van der Waals surface area contributed by atoms with Gasteiger partial charge in [-0.05, 0) is 12.5 Å². The minimum Gasteiger partial charge on any atom is -0.415 e. The number of pyridine rings is 1. The molecule has 2 amide bonds. The van der Waals surface area contributed by atoms with E-state index in [1.165, 1.54) is 5.32 Å². The lowest BCUT2D eigenvalue weighted by Gasteiger charge is -2.41. The summed E-state index contributed by atoms with van der Waals surface area (Å²) in [7, 11) is 0. The van der Waals surface area contributed by atoms with Crippen molar-refractivity contribution < 1.29 is 53.5 Å². The molecule has 36 heavy (non-hydrogen) atoms. The largest absolute Gasteiger partial charge is 0.463 e. The Labute approximate surface area is 194 Å². The van der Waals surface area contributed by atoms with Gasteiger partial charge in [-0.1, -0.05) is 0 Å². The number of carbonyl (C=O) groups excluding carboxylic acids is 2. The lowest BCUT2D eigenvalue weighted by Crippen LogP contribution is -2.61. The first-order valence-electron chi connectivity index (χ1n) is 10.2. The molecular weight excluding hydrogens is 517 g/mol. The molecule has 2 aliphatic rings. The molecule has 1 fully saturated rings. The van der Waals surface area contributed by atoms with Gasteiger partial charge in [0.2, 0.25) is 11.8 Å². The maximum absolute atomic E-state index is 14.0. The maximum atomic E-state index is 14.0. The van der Waals surface area contributed by atoms with Gasteiger partial charge in [-0.15, -0.1) is 10.2 Å². The van der Waals surface area contributed by atoms with Crippen molar-refractivity contribution in [1.29, 1.82) is 0 Å². The Morgan fingerprint density at radius 1 is 1.19 bits per heavy atom. The van der Waals surface area contributed by atoms with Crippen molar-refractivity contribution in [1.82, 2.24) is 25.4 Å². The van der Waals surface area contributed by atoms with Crippen LogP contribution in [-0.2, 0) is 11.3 Å². The summed E-state index contributed by atoms with van der Waals surface area (Å²) in [6.07, 6.45) is -10.8. The second-order valence-corrected chi connectivity index (χ2v) is 8.22. The summed E-state index contributed by atoms with van der Waals surface area (Å²) in [6, 6.07) is -2.15. The predicted molar refractivity (Wildman–Crippen MR) is 97.9 cm³/mol. The fraction of sp³-hybridized carbons (Fsp3) is 0.526. The van der Waals surface area contributed by atoms with Gasteiger partial charge < -0.3 is 14.6 Å². The highest BCUT2D eigenvalue weighted by Crippen LogP contribution is 2.40. The first-order valence-corrected chi connectivity index (χ1v) is 10.2. The fourth-order valence-corrected chi connectivity index (χ4v) is 4.04. The first-order chi connectivity index (χ1) is 16.6. The number of rotatable bonds is 5. The summed E-state index contributed by atoms with van der Waals surface area (Å²) in [5.74, 6) is -14.4. The van der Waals surface area contributed by atoms with Crippen LogP contribution in [0.3, 0.4) is 0 Å². The quantitative estimate of drug-likeness (QED) is 0.588. The molecule has 1 saturated carbocycles. The van der Waals surface area contributed by atoms with Gasteiger partial charge in [-0.25, -0.2) is 8.78 Å². The lowest BCUT2D eigenvalue weighted by molar-refractivity contribution is -0.270. The third-order valence-corrected chi connectivity index (χ3v) is 5.80. The van der Waals surface area contributed by atoms with Crippen molar-refractivity contribution in [2.24, 2.45) is 0 Å². The number of halogens is 9. The van der Waals surface area contributed by atoms with E-state index in [2.05, 4.69) is 15.2 Å². The van der Waals surface area contributed by atoms with Crippen LogP contribution < -0.4 is 5.32 Å². The molecule has 0 spiro atoms. The van der Waals surface area contributed by atoms with Crippen molar-refractivity contribution in [3.63, 3.8) is 0 Å². The third kappa shape index (κ3) is 4.57. The van der Waals surface area contributed by atoms with Gasteiger partial charge >= 0.3 is 24.4 Å². The Kier molecular flexibility index (Phi) is 6.15. The number of aromatic nitrogens is 3. The molecule has 4 rings (SSSR count). The molecule has 196 valence electrons. The standard InChI is InChI=1S/C19H14F9N5O3/c20-12(21)14-32-31-13(36-14)7-3-8-10(29-5-7)6-33(15(8)34)11-1-2-17(22,23)4-9(11)30-16(35)18(24,25)19(26,27)28/h3,5,9,11-12H,1-2,4,6H2,(H,30,35)/t9-,11?/m1/s1. The Hall–Kier alpha value is -3.40. The molecule has 2 atom stereocenters. The van der Waals surface area contributed by atoms with E-state index in [-0.39, 0.29) is 23.4 Å². The number of nitrogens with one attached hydrogen (secondary N) is 1. The maximum Gasteiger partial charge on any atom is 0.463 e. The summed E-state index contributed by atoms with van der Waals surface area (Å²) in [4.78, 5) is 29.6. The molecule has 1 unspecified atom stereocenters. The first kappa shape index (κ1) is 25.7. The zero-order chi connectivity index (χ0) is 26.6.